The molecule has 1 aromatic heterocycles. The quantitative estimate of drug-likeness (QED) is 0.321. The molecular weight excluding hydrogens is 500 g/mol. The lowest BCUT2D eigenvalue weighted by Crippen LogP contribution is -2.40. The molecule has 0 radical (unpaired) electrons. The predicted octanol–water partition coefficient (Wildman–Crippen LogP) is 7.37. The van der Waals surface area contributed by atoms with Crippen molar-refractivity contribution in [1.82, 2.24) is 9.47 Å². The Bertz CT molecular complexity index is 1360. The number of hydrogen-bond donors (Lipinski definition) is 0. The molecule has 0 amide bonds. The first kappa shape index (κ1) is 28.4. The van der Waals surface area contributed by atoms with Crippen LogP contribution in [0.1, 0.15) is 90.0 Å². The minimum absolute atomic E-state index is 0.153. The normalized spacial score (nSPS) is 21.7. The Morgan fingerprint density at radius 2 is 1.90 bits per heavy atom. The van der Waals surface area contributed by atoms with Crippen LogP contribution in [0.4, 0.5) is 0 Å². The number of allylic oxidation sites excluding steroid dienone is 1. The molecule has 2 bridgehead atoms. The van der Waals surface area contributed by atoms with Crippen molar-refractivity contribution in [2.45, 2.75) is 77.0 Å². The second-order valence-corrected chi connectivity index (χ2v) is 11.4. The third-order valence-corrected chi connectivity index (χ3v) is 8.70. The van der Waals surface area contributed by atoms with Crippen LogP contribution in [-0.4, -0.2) is 48.9 Å². The number of aryl methyl sites for hydroxylation is 2. The van der Waals surface area contributed by atoms with Gasteiger partial charge in [-0.3, -0.25) is 4.90 Å². The number of rotatable bonds is 4. The van der Waals surface area contributed by atoms with Crippen LogP contribution < -0.4 is 4.74 Å². The standard InChI is InChI=1S/C34H44N2O4/c1-24-20-32(38-3)30(29-16-17-35(2)33(24)29)23-36-18-15-27-22-31(36)28-14-13-26(34(37)39-4)21-25(28)12-10-8-6-5-7-9-11-19-40-27/h10,12-14,16-17,20-21,27,31H,5-9,11,15,18-19,22-23H2,1-4H3/b12-10-/t27-,31-/m0/s1. The van der Waals surface area contributed by atoms with Gasteiger partial charge in [0.15, 0.2) is 0 Å². The molecule has 2 atom stereocenters. The monoisotopic (exact) mass is 544 g/mol. The first-order valence-corrected chi connectivity index (χ1v) is 14.9. The van der Waals surface area contributed by atoms with Crippen LogP contribution in [0.25, 0.3) is 17.0 Å². The van der Waals surface area contributed by atoms with Gasteiger partial charge in [0.1, 0.15) is 5.75 Å². The Balaban J connectivity index is 1.56. The molecule has 0 spiro atoms. The maximum absolute atomic E-state index is 12.4. The smallest absolute Gasteiger partial charge is 0.337 e. The van der Waals surface area contributed by atoms with Gasteiger partial charge < -0.3 is 18.8 Å². The van der Waals surface area contributed by atoms with E-state index in [0.29, 0.717) is 5.56 Å². The minimum atomic E-state index is -0.301. The van der Waals surface area contributed by atoms with E-state index in [9.17, 15) is 4.79 Å². The van der Waals surface area contributed by atoms with E-state index < -0.39 is 0 Å². The number of ether oxygens (including phenoxy) is 3. The molecule has 0 aliphatic carbocycles. The number of likely N-dealkylation sites (tertiary alicyclic amines) is 1. The lowest BCUT2D eigenvalue weighted by atomic mass is 9.88. The van der Waals surface area contributed by atoms with Crippen LogP contribution in [0.2, 0.25) is 0 Å². The number of nitrogens with zero attached hydrogens (tertiary/aromatic N) is 2. The van der Waals surface area contributed by atoms with Crippen molar-refractivity contribution in [2.24, 2.45) is 7.05 Å². The van der Waals surface area contributed by atoms with Crippen LogP contribution in [-0.2, 0) is 23.1 Å². The number of aromatic nitrogens is 1. The van der Waals surface area contributed by atoms with Gasteiger partial charge in [0.2, 0.25) is 0 Å². The Kier molecular flexibility index (Phi) is 9.28. The third kappa shape index (κ3) is 6.13. The van der Waals surface area contributed by atoms with Gasteiger partial charge in [0, 0.05) is 49.9 Å². The topological polar surface area (TPSA) is 52.9 Å². The Labute approximate surface area is 238 Å². The van der Waals surface area contributed by atoms with E-state index in [1.807, 2.05) is 12.1 Å². The molecule has 2 aliphatic heterocycles. The zero-order valence-electron chi connectivity index (χ0n) is 24.6. The zero-order valence-corrected chi connectivity index (χ0v) is 24.6. The van der Waals surface area contributed by atoms with Crippen LogP contribution in [0.15, 0.2) is 42.6 Å². The van der Waals surface area contributed by atoms with Gasteiger partial charge in [-0.15, -0.1) is 0 Å². The van der Waals surface area contributed by atoms with Gasteiger partial charge in [0.25, 0.3) is 0 Å². The summed E-state index contributed by atoms with van der Waals surface area (Å²) in [4.78, 5) is 15.0. The van der Waals surface area contributed by atoms with E-state index in [-0.39, 0.29) is 18.1 Å². The Hall–Kier alpha value is -3.09. The van der Waals surface area contributed by atoms with Crippen LogP contribution in [0, 0.1) is 6.92 Å². The second kappa shape index (κ2) is 13.0. The highest BCUT2D eigenvalue weighted by Crippen LogP contribution is 2.40. The number of esters is 1. The molecule has 3 heterocycles. The van der Waals surface area contributed by atoms with E-state index in [1.54, 1.807) is 7.11 Å². The van der Waals surface area contributed by atoms with Gasteiger partial charge in [-0.2, -0.15) is 0 Å². The predicted molar refractivity (Wildman–Crippen MR) is 161 cm³/mol. The van der Waals surface area contributed by atoms with Crippen molar-refractivity contribution in [3.8, 4) is 5.75 Å². The maximum atomic E-state index is 12.4. The van der Waals surface area contributed by atoms with Crippen LogP contribution in [0.3, 0.4) is 0 Å². The summed E-state index contributed by atoms with van der Waals surface area (Å²) in [5, 5.41) is 1.25. The molecule has 3 aromatic rings. The van der Waals surface area contributed by atoms with Gasteiger partial charge in [-0.05, 0) is 80.0 Å². The summed E-state index contributed by atoms with van der Waals surface area (Å²) in [6, 6.07) is 10.6. The third-order valence-electron chi connectivity index (χ3n) is 8.70. The molecule has 6 nitrogen and oxygen atoms in total. The fraction of sp³-hybridized carbons (Fsp3) is 0.500. The molecular formula is C34H44N2O4. The summed E-state index contributed by atoms with van der Waals surface area (Å²) in [7, 11) is 5.32. The fourth-order valence-electron chi connectivity index (χ4n) is 6.57. The Morgan fingerprint density at radius 1 is 1.07 bits per heavy atom. The highest BCUT2D eigenvalue weighted by molar-refractivity contribution is 5.90. The molecule has 2 aliphatic rings. The average molecular weight is 545 g/mol. The molecule has 214 valence electrons. The Morgan fingerprint density at radius 3 is 2.73 bits per heavy atom. The molecule has 2 aromatic carbocycles. The van der Waals surface area contributed by atoms with E-state index in [4.69, 9.17) is 14.2 Å². The summed E-state index contributed by atoms with van der Waals surface area (Å²) in [5.41, 5.74) is 6.61. The van der Waals surface area contributed by atoms with Crippen molar-refractivity contribution in [3.63, 3.8) is 0 Å². The highest BCUT2D eigenvalue weighted by Gasteiger charge is 2.33. The number of methoxy groups -OCH3 is 2. The highest BCUT2D eigenvalue weighted by atomic mass is 16.5. The van der Waals surface area contributed by atoms with E-state index in [0.717, 1.165) is 56.7 Å². The van der Waals surface area contributed by atoms with Crippen molar-refractivity contribution in [3.05, 3.63) is 70.4 Å². The first-order valence-electron chi connectivity index (χ1n) is 14.9. The molecule has 5 rings (SSSR count). The molecule has 1 fully saturated rings. The number of piperidine rings is 1. The van der Waals surface area contributed by atoms with Crippen molar-refractivity contribution < 1.29 is 19.0 Å². The lowest BCUT2D eigenvalue weighted by Gasteiger charge is -2.40. The lowest BCUT2D eigenvalue weighted by molar-refractivity contribution is -0.0202. The molecule has 40 heavy (non-hydrogen) atoms. The average Bonchev–Trinajstić information content (AvgIpc) is 3.36. The van der Waals surface area contributed by atoms with E-state index in [2.05, 4.69) is 60.0 Å². The molecule has 6 heteroatoms. The second-order valence-electron chi connectivity index (χ2n) is 11.4. The first-order chi connectivity index (χ1) is 19.5. The summed E-state index contributed by atoms with van der Waals surface area (Å²) >= 11 is 0. The number of hydrogen-bond acceptors (Lipinski definition) is 5. The van der Waals surface area contributed by atoms with Gasteiger partial charge >= 0.3 is 5.97 Å². The molecule has 0 N–H and O–H groups in total. The van der Waals surface area contributed by atoms with Gasteiger partial charge in [0.05, 0.1) is 31.4 Å². The number of fused-ring (bicyclic) bond motifs is 5. The largest absolute Gasteiger partial charge is 0.496 e. The van der Waals surface area contributed by atoms with Crippen molar-refractivity contribution in [2.75, 3.05) is 27.4 Å². The minimum Gasteiger partial charge on any atom is -0.496 e. The van der Waals surface area contributed by atoms with Crippen molar-refractivity contribution >= 4 is 22.9 Å². The SMILES string of the molecule is COC(=O)c1ccc2c(c1)/C=C\CCCCCCCO[C@H]1CCN(Cc3c(OC)cc(C)c4c3ccn4C)[C@H]2C1. The maximum Gasteiger partial charge on any atom is 0.337 e. The van der Waals surface area contributed by atoms with Crippen LogP contribution >= 0.6 is 0 Å². The summed E-state index contributed by atoms with van der Waals surface area (Å²) in [6.07, 6.45) is 15.9. The summed E-state index contributed by atoms with van der Waals surface area (Å²) in [5.74, 6) is 0.637. The molecule has 0 unspecified atom stereocenters. The van der Waals surface area contributed by atoms with Crippen LogP contribution in [0.5, 0.6) is 5.75 Å². The van der Waals surface area contributed by atoms with Gasteiger partial charge in [-0.25, -0.2) is 4.79 Å². The van der Waals surface area contributed by atoms with Crippen molar-refractivity contribution in [1.29, 1.82) is 0 Å². The molecule has 0 saturated carbocycles. The van der Waals surface area contributed by atoms with E-state index >= 15 is 0 Å². The number of carbonyl (C=O) groups is 1. The number of carbonyl (C=O) groups excluding carboxylic acids is 1. The van der Waals surface area contributed by atoms with Gasteiger partial charge in [-0.1, -0.05) is 37.5 Å². The zero-order chi connectivity index (χ0) is 28.1. The van der Waals surface area contributed by atoms with E-state index in [1.165, 1.54) is 60.4 Å². The fourth-order valence-corrected chi connectivity index (χ4v) is 6.57. The number of benzene rings is 2. The summed E-state index contributed by atoms with van der Waals surface area (Å²) in [6.45, 7) is 4.70. The summed E-state index contributed by atoms with van der Waals surface area (Å²) < 4.78 is 19.7. The molecule has 1 saturated heterocycles.